The fourth-order valence-electron chi connectivity index (χ4n) is 7.24. The quantitative estimate of drug-likeness (QED) is 0.514. The summed E-state index contributed by atoms with van der Waals surface area (Å²) in [6.45, 7) is 7.92. The summed E-state index contributed by atoms with van der Waals surface area (Å²) in [5.74, 6) is 0.157. The lowest BCUT2D eigenvalue weighted by Crippen LogP contribution is -2.57. The Morgan fingerprint density at radius 1 is 0.914 bits per heavy atom. The minimum absolute atomic E-state index is 0.0628. The predicted octanol–water partition coefficient (Wildman–Crippen LogP) is 5.45. The molecule has 1 aliphatic carbocycles. The van der Waals surface area contributed by atoms with Crippen LogP contribution in [0.25, 0.3) is 10.8 Å². The van der Waals surface area contributed by atoms with E-state index < -0.39 is 5.41 Å². The Kier molecular flexibility index (Phi) is 5.16. The number of nitrogens with zero attached hydrogens (tertiary/aromatic N) is 2. The van der Waals surface area contributed by atoms with Crippen LogP contribution in [0.5, 0.6) is 0 Å². The van der Waals surface area contributed by atoms with Crippen LogP contribution in [-0.2, 0) is 27.8 Å². The number of rotatable bonds is 4. The lowest BCUT2D eigenvalue weighted by Gasteiger charge is -2.48. The Hall–Kier alpha value is -2.98. The highest BCUT2D eigenvalue weighted by atomic mass is 16.2. The van der Waals surface area contributed by atoms with E-state index in [0.717, 1.165) is 50.0 Å². The van der Waals surface area contributed by atoms with Gasteiger partial charge in [-0.2, -0.15) is 0 Å². The van der Waals surface area contributed by atoms with Crippen molar-refractivity contribution in [3.05, 3.63) is 77.4 Å². The molecule has 1 fully saturated rings. The number of para-hydroxylation sites is 1. The van der Waals surface area contributed by atoms with E-state index >= 15 is 0 Å². The van der Waals surface area contributed by atoms with Gasteiger partial charge in [0.25, 0.3) is 0 Å². The molecule has 1 saturated heterocycles. The highest BCUT2D eigenvalue weighted by Crippen LogP contribution is 2.46. The summed E-state index contributed by atoms with van der Waals surface area (Å²) < 4.78 is 0. The Balaban J connectivity index is 1.23. The van der Waals surface area contributed by atoms with E-state index in [9.17, 15) is 9.59 Å². The van der Waals surface area contributed by atoms with Crippen LogP contribution < -0.4 is 4.90 Å². The first-order valence-corrected chi connectivity index (χ1v) is 13.0. The van der Waals surface area contributed by atoms with Crippen molar-refractivity contribution in [2.45, 2.75) is 69.9 Å². The highest BCUT2D eigenvalue weighted by Gasteiger charge is 2.50. The fourth-order valence-corrected chi connectivity index (χ4v) is 7.24. The van der Waals surface area contributed by atoms with Gasteiger partial charge in [0.05, 0.1) is 5.41 Å². The molecule has 6 rings (SSSR count). The maximum absolute atomic E-state index is 13.8. The number of Topliss-reactive ketones (excluding diaryl/α,β-unsaturated/α-hetero) is 1. The molecule has 0 radical (unpaired) electrons. The first kappa shape index (κ1) is 22.5. The SMILES string of the molecule is CC(=O)CC1(C)C(=O)N(C2CCN(C3(C)Cc4cccc5cccc(c45)C3)CC2)c2ccccc21. The van der Waals surface area contributed by atoms with Gasteiger partial charge >= 0.3 is 0 Å². The van der Waals surface area contributed by atoms with Crippen molar-refractivity contribution < 1.29 is 9.59 Å². The molecule has 0 saturated carbocycles. The molecule has 3 aliphatic rings. The van der Waals surface area contributed by atoms with E-state index in [1.807, 2.05) is 30.0 Å². The smallest absolute Gasteiger partial charge is 0.238 e. The molecule has 2 heterocycles. The first-order chi connectivity index (χ1) is 16.8. The maximum Gasteiger partial charge on any atom is 0.238 e. The van der Waals surface area contributed by atoms with Crippen molar-refractivity contribution in [3.8, 4) is 0 Å². The predicted molar refractivity (Wildman–Crippen MR) is 141 cm³/mol. The minimum atomic E-state index is -0.753. The van der Waals surface area contributed by atoms with Crippen molar-refractivity contribution in [3.63, 3.8) is 0 Å². The fraction of sp³-hybridized carbons (Fsp3) is 0.419. The molecule has 1 amide bonds. The number of hydrogen-bond acceptors (Lipinski definition) is 3. The number of ketones is 1. The zero-order valence-electron chi connectivity index (χ0n) is 21.0. The number of carbonyl (C=O) groups excluding carboxylic acids is 2. The molecular weight excluding hydrogens is 432 g/mol. The minimum Gasteiger partial charge on any atom is -0.308 e. The van der Waals surface area contributed by atoms with Crippen LogP contribution in [-0.4, -0.2) is 41.3 Å². The molecule has 35 heavy (non-hydrogen) atoms. The largest absolute Gasteiger partial charge is 0.308 e. The van der Waals surface area contributed by atoms with E-state index in [1.54, 1.807) is 6.92 Å². The van der Waals surface area contributed by atoms with E-state index in [-0.39, 0.29) is 29.7 Å². The zero-order valence-corrected chi connectivity index (χ0v) is 21.0. The van der Waals surface area contributed by atoms with Crippen molar-refractivity contribution >= 4 is 28.2 Å². The van der Waals surface area contributed by atoms with Gasteiger partial charge in [0.1, 0.15) is 5.78 Å². The molecule has 1 unspecified atom stereocenters. The van der Waals surface area contributed by atoms with Crippen LogP contribution in [0.1, 0.15) is 56.7 Å². The molecule has 4 nitrogen and oxygen atoms in total. The van der Waals surface area contributed by atoms with E-state index in [2.05, 4.69) is 54.3 Å². The average molecular weight is 467 g/mol. The lowest BCUT2D eigenvalue weighted by atomic mass is 9.76. The van der Waals surface area contributed by atoms with Gasteiger partial charge < -0.3 is 4.90 Å². The highest BCUT2D eigenvalue weighted by molar-refractivity contribution is 6.10. The Labute approximate surface area is 207 Å². The normalized spacial score (nSPS) is 24.1. The van der Waals surface area contributed by atoms with Crippen LogP contribution >= 0.6 is 0 Å². The Morgan fingerprint density at radius 3 is 2.17 bits per heavy atom. The molecule has 0 aromatic heterocycles. The molecule has 0 bridgehead atoms. The van der Waals surface area contributed by atoms with Crippen LogP contribution in [0, 0.1) is 0 Å². The molecule has 3 aromatic carbocycles. The molecule has 1 atom stereocenters. The summed E-state index contributed by atoms with van der Waals surface area (Å²) >= 11 is 0. The average Bonchev–Trinajstić information content (AvgIpc) is 3.05. The Bertz CT molecular complexity index is 1300. The Morgan fingerprint density at radius 2 is 1.54 bits per heavy atom. The van der Waals surface area contributed by atoms with Crippen LogP contribution in [0.3, 0.4) is 0 Å². The van der Waals surface area contributed by atoms with Crippen LogP contribution in [0.2, 0.25) is 0 Å². The number of likely N-dealkylation sites (tertiary alicyclic amines) is 1. The number of hydrogen-bond donors (Lipinski definition) is 0. The van der Waals surface area contributed by atoms with Gasteiger partial charge in [0.15, 0.2) is 0 Å². The van der Waals surface area contributed by atoms with Crippen molar-refractivity contribution in [1.82, 2.24) is 4.90 Å². The number of amides is 1. The maximum atomic E-state index is 13.8. The third-order valence-electron chi connectivity index (χ3n) is 8.86. The van der Waals surface area contributed by atoms with Gasteiger partial charge in [0.2, 0.25) is 5.91 Å². The summed E-state index contributed by atoms with van der Waals surface area (Å²) in [6.07, 6.45) is 4.30. The first-order valence-electron chi connectivity index (χ1n) is 13.0. The number of piperidine rings is 1. The van der Waals surface area contributed by atoms with Crippen molar-refractivity contribution in [1.29, 1.82) is 0 Å². The summed E-state index contributed by atoms with van der Waals surface area (Å²) in [7, 11) is 0. The van der Waals surface area contributed by atoms with Gasteiger partial charge in [-0.3, -0.25) is 14.5 Å². The molecule has 180 valence electrons. The number of fused-ring (bicyclic) bond motifs is 1. The monoisotopic (exact) mass is 466 g/mol. The molecular formula is C31H34N2O2. The molecule has 3 aromatic rings. The standard InChI is InChI=1S/C31H34N2O2/c1-21(34)18-31(3)26-12-4-5-13-27(26)33(29(31)35)25-14-16-32(17-15-25)30(2)19-23-10-6-8-22-9-7-11-24(20-30)28(22)23/h4-13,25H,14-20H2,1-3H3. The topological polar surface area (TPSA) is 40.6 Å². The molecule has 2 aliphatic heterocycles. The van der Waals surface area contributed by atoms with Gasteiger partial charge in [-0.1, -0.05) is 54.6 Å². The molecule has 4 heteroatoms. The number of anilines is 1. The second-order valence-electron chi connectivity index (χ2n) is 11.4. The number of benzene rings is 3. The van der Waals surface area contributed by atoms with Gasteiger partial charge in [-0.25, -0.2) is 0 Å². The summed E-state index contributed by atoms with van der Waals surface area (Å²) in [4.78, 5) is 30.5. The summed E-state index contributed by atoms with van der Waals surface area (Å²) in [6, 6.07) is 21.7. The van der Waals surface area contributed by atoms with E-state index in [0.29, 0.717) is 0 Å². The third-order valence-corrected chi connectivity index (χ3v) is 8.86. The van der Waals surface area contributed by atoms with E-state index in [4.69, 9.17) is 0 Å². The summed E-state index contributed by atoms with van der Waals surface area (Å²) in [5, 5.41) is 2.80. The molecule has 0 N–H and O–H groups in total. The lowest BCUT2D eigenvalue weighted by molar-refractivity contribution is -0.127. The zero-order chi connectivity index (χ0) is 24.4. The van der Waals surface area contributed by atoms with Gasteiger partial charge in [-0.05, 0) is 80.0 Å². The second kappa shape index (κ2) is 8.03. The van der Waals surface area contributed by atoms with Crippen molar-refractivity contribution in [2.24, 2.45) is 0 Å². The number of carbonyl (C=O) groups is 2. The van der Waals surface area contributed by atoms with Crippen LogP contribution in [0.15, 0.2) is 60.7 Å². The van der Waals surface area contributed by atoms with Crippen LogP contribution in [0.4, 0.5) is 5.69 Å². The third kappa shape index (κ3) is 3.45. The summed E-state index contributed by atoms with van der Waals surface area (Å²) in [5.41, 5.74) is 4.26. The van der Waals surface area contributed by atoms with Gasteiger partial charge in [-0.15, -0.1) is 0 Å². The van der Waals surface area contributed by atoms with Gasteiger partial charge in [0, 0.05) is 36.8 Å². The van der Waals surface area contributed by atoms with Crippen molar-refractivity contribution in [2.75, 3.05) is 18.0 Å². The molecule has 0 spiro atoms. The second-order valence-corrected chi connectivity index (χ2v) is 11.4. The van der Waals surface area contributed by atoms with E-state index in [1.165, 1.54) is 21.9 Å².